The zero-order valence-corrected chi connectivity index (χ0v) is 15.4. The topological polar surface area (TPSA) is 79.5 Å². The average Bonchev–Trinajstić information content (AvgIpc) is 2.59. The summed E-state index contributed by atoms with van der Waals surface area (Å²) in [5, 5.41) is 9.50. The van der Waals surface area contributed by atoms with E-state index >= 15 is 0 Å². The molecule has 1 aliphatic rings. The molecule has 0 aromatic heterocycles. The van der Waals surface area contributed by atoms with Gasteiger partial charge in [0.05, 0.1) is 18.2 Å². The van der Waals surface area contributed by atoms with Crippen molar-refractivity contribution < 1.29 is 14.3 Å². The highest BCUT2D eigenvalue weighted by Gasteiger charge is 2.31. The minimum absolute atomic E-state index is 0.0278. The molecule has 6 nitrogen and oxygen atoms in total. The summed E-state index contributed by atoms with van der Waals surface area (Å²) in [5.41, 5.74) is 2.09. The first-order chi connectivity index (χ1) is 12.0. The Morgan fingerprint density at radius 3 is 2.60 bits per heavy atom. The molecule has 0 unspecified atom stereocenters. The van der Waals surface area contributed by atoms with E-state index in [1.165, 1.54) is 0 Å². The summed E-state index contributed by atoms with van der Waals surface area (Å²) in [6.07, 6.45) is 0.609. The van der Waals surface area contributed by atoms with Gasteiger partial charge in [0.1, 0.15) is 0 Å². The first-order valence-corrected chi connectivity index (χ1v) is 8.80. The van der Waals surface area contributed by atoms with Crippen LogP contribution in [0.4, 0.5) is 4.79 Å². The molecule has 0 radical (unpaired) electrons. The van der Waals surface area contributed by atoms with E-state index in [2.05, 4.69) is 16.0 Å². The Kier molecular flexibility index (Phi) is 6.84. The molecule has 0 aliphatic carbocycles. The van der Waals surface area contributed by atoms with Crippen LogP contribution in [-0.2, 0) is 9.53 Å². The van der Waals surface area contributed by atoms with Gasteiger partial charge < -0.3 is 20.7 Å². The van der Waals surface area contributed by atoms with Gasteiger partial charge in [-0.25, -0.2) is 9.59 Å². The lowest BCUT2D eigenvalue weighted by atomic mass is 10.00. The summed E-state index contributed by atoms with van der Waals surface area (Å²) in [5.74, 6) is -0.405. The Labute approximate surface area is 153 Å². The fourth-order valence-electron chi connectivity index (χ4n) is 2.73. The van der Waals surface area contributed by atoms with Crippen molar-refractivity contribution in [2.24, 2.45) is 0 Å². The van der Waals surface area contributed by atoms with Crippen LogP contribution in [-0.4, -0.2) is 31.2 Å². The van der Waals surface area contributed by atoms with Gasteiger partial charge in [-0.15, -0.1) is 0 Å². The molecule has 7 heteroatoms. The number of urea groups is 1. The van der Waals surface area contributed by atoms with Crippen molar-refractivity contribution in [3.8, 4) is 0 Å². The van der Waals surface area contributed by atoms with Crippen LogP contribution in [0.2, 0.25) is 5.02 Å². The Morgan fingerprint density at radius 2 is 2.00 bits per heavy atom. The summed E-state index contributed by atoms with van der Waals surface area (Å²) in [6, 6.07) is 6.91. The van der Waals surface area contributed by atoms with Crippen molar-refractivity contribution in [1.82, 2.24) is 16.0 Å². The number of benzene rings is 1. The van der Waals surface area contributed by atoms with Crippen molar-refractivity contribution in [1.29, 1.82) is 0 Å². The molecule has 1 heterocycles. The van der Waals surface area contributed by atoms with Gasteiger partial charge in [-0.1, -0.05) is 30.7 Å². The zero-order valence-electron chi connectivity index (χ0n) is 14.7. The summed E-state index contributed by atoms with van der Waals surface area (Å²) in [4.78, 5) is 24.2. The number of nitrogens with one attached hydrogen (secondary N) is 3. The maximum Gasteiger partial charge on any atom is 0.337 e. The Morgan fingerprint density at radius 1 is 1.32 bits per heavy atom. The molecule has 0 bridgehead atoms. The lowest BCUT2D eigenvalue weighted by Crippen LogP contribution is -2.51. The molecule has 0 fully saturated rings. The highest BCUT2D eigenvalue weighted by atomic mass is 35.5. The van der Waals surface area contributed by atoms with E-state index in [4.69, 9.17) is 16.3 Å². The van der Waals surface area contributed by atoms with Crippen LogP contribution in [0, 0.1) is 0 Å². The van der Waals surface area contributed by atoms with E-state index < -0.39 is 5.97 Å². The molecule has 0 saturated heterocycles. The lowest BCUT2D eigenvalue weighted by Gasteiger charge is -2.29. The molecule has 0 saturated carbocycles. The predicted octanol–water partition coefficient (Wildman–Crippen LogP) is 2.90. The third-order valence-corrected chi connectivity index (χ3v) is 4.35. The van der Waals surface area contributed by atoms with Crippen LogP contribution in [0.3, 0.4) is 0 Å². The third kappa shape index (κ3) is 4.96. The van der Waals surface area contributed by atoms with Crippen LogP contribution in [0.5, 0.6) is 0 Å². The van der Waals surface area contributed by atoms with Gasteiger partial charge in [-0.3, -0.25) is 0 Å². The molecule has 1 aromatic rings. The average molecular weight is 366 g/mol. The lowest BCUT2D eigenvalue weighted by molar-refractivity contribution is -0.139. The number of halogens is 1. The van der Waals surface area contributed by atoms with E-state index in [9.17, 15) is 9.59 Å². The van der Waals surface area contributed by atoms with E-state index in [0.717, 1.165) is 5.56 Å². The van der Waals surface area contributed by atoms with Crippen molar-refractivity contribution in [2.45, 2.75) is 39.3 Å². The number of carbonyl (C=O) groups excluding carboxylic acids is 2. The van der Waals surface area contributed by atoms with Gasteiger partial charge in [0.2, 0.25) is 0 Å². The van der Waals surface area contributed by atoms with E-state index in [-0.39, 0.29) is 24.7 Å². The molecule has 1 aromatic carbocycles. The van der Waals surface area contributed by atoms with Crippen molar-refractivity contribution in [3.05, 3.63) is 46.1 Å². The largest absolute Gasteiger partial charge is 0.463 e. The second-order valence-electron chi connectivity index (χ2n) is 5.83. The molecule has 136 valence electrons. The molecule has 1 aliphatic heterocycles. The summed E-state index contributed by atoms with van der Waals surface area (Å²) >= 11 is 5.91. The molecular weight excluding hydrogens is 342 g/mol. The summed E-state index contributed by atoms with van der Waals surface area (Å²) in [6.45, 7) is 6.32. The van der Waals surface area contributed by atoms with E-state index in [1.807, 2.05) is 38.1 Å². The molecule has 3 N–H and O–H groups in total. The normalized spacial score (nSPS) is 18.4. The summed E-state index contributed by atoms with van der Waals surface area (Å²) in [7, 11) is 0. The van der Waals surface area contributed by atoms with Crippen LogP contribution in [0.15, 0.2) is 35.5 Å². The summed E-state index contributed by atoms with van der Waals surface area (Å²) < 4.78 is 5.15. The highest BCUT2D eigenvalue weighted by molar-refractivity contribution is 6.30. The van der Waals surface area contributed by atoms with Gasteiger partial charge in [-0.05, 0) is 38.0 Å². The minimum atomic E-state index is -0.405. The Balaban J connectivity index is 2.17. The van der Waals surface area contributed by atoms with Crippen LogP contribution in [0.1, 0.15) is 38.8 Å². The standard InChI is InChI=1S/C18H24ClN3O3/c1-4-14-16(17(23)25-5-2)15(22-18(24)21-14)10-20-11(3)12-6-8-13(19)9-7-12/h6-9,11,14,20H,4-5,10H2,1-3H3,(H2,21,22,24)/t11-,14-/m1/s1. The van der Waals surface area contributed by atoms with Gasteiger partial charge in [-0.2, -0.15) is 0 Å². The van der Waals surface area contributed by atoms with Crippen molar-refractivity contribution in [3.63, 3.8) is 0 Å². The Bertz CT molecular complexity index is 658. The zero-order chi connectivity index (χ0) is 18.4. The molecule has 2 amide bonds. The third-order valence-electron chi connectivity index (χ3n) is 4.10. The van der Waals surface area contributed by atoms with Gasteiger partial charge in [0.15, 0.2) is 0 Å². The van der Waals surface area contributed by atoms with Crippen LogP contribution >= 0.6 is 11.6 Å². The van der Waals surface area contributed by atoms with E-state index in [0.29, 0.717) is 29.3 Å². The van der Waals surface area contributed by atoms with Gasteiger partial charge >= 0.3 is 12.0 Å². The number of hydrogen-bond acceptors (Lipinski definition) is 4. The fourth-order valence-corrected chi connectivity index (χ4v) is 2.85. The predicted molar refractivity (Wildman–Crippen MR) is 97.3 cm³/mol. The number of esters is 1. The first-order valence-electron chi connectivity index (χ1n) is 8.42. The van der Waals surface area contributed by atoms with Gasteiger partial charge in [0.25, 0.3) is 0 Å². The highest BCUT2D eigenvalue weighted by Crippen LogP contribution is 2.19. The quantitative estimate of drug-likeness (QED) is 0.649. The van der Waals surface area contributed by atoms with Crippen molar-refractivity contribution in [2.75, 3.05) is 13.2 Å². The second kappa shape index (κ2) is 8.87. The smallest absolute Gasteiger partial charge is 0.337 e. The molecular formula is C18H24ClN3O3. The number of rotatable bonds is 7. The number of hydrogen-bond donors (Lipinski definition) is 3. The molecule has 25 heavy (non-hydrogen) atoms. The number of carbonyl (C=O) groups is 2. The molecule has 2 rings (SSSR count). The van der Waals surface area contributed by atoms with Crippen LogP contribution < -0.4 is 16.0 Å². The number of amides is 2. The van der Waals surface area contributed by atoms with Crippen LogP contribution in [0.25, 0.3) is 0 Å². The fraction of sp³-hybridized carbons (Fsp3) is 0.444. The first kappa shape index (κ1) is 19.3. The number of ether oxygens (including phenoxy) is 1. The molecule has 0 spiro atoms. The minimum Gasteiger partial charge on any atom is -0.463 e. The SMILES string of the molecule is CCOC(=O)C1=C(CN[C@H](C)c2ccc(Cl)cc2)NC(=O)N[C@@H]1CC. The van der Waals surface area contributed by atoms with Crippen molar-refractivity contribution >= 4 is 23.6 Å². The second-order valence-corrected chi connectivity index (χ2v) is 6.26. The Hall–Kier alpha value is -2.05. The van der Waals surface area contributed by atoms with E-state index in [1.54, 1.807) is 6.92 Å². The molecule has 2 atom stereocenters. The van der Waals surface area contributed by atoms with Gasteiger partial charge in [0, 0.05) is 23.3 Å². The maximum atomic E-state index is 12.3. The maximum absolute atomic E-state index is 12.3. The monoisotopic (exact) mass is 365 g/mol.